The average Bonchev–Trinajstić information content (AvgIpc) is 3.44. The minimum absolute atomic E-state index is 0.0155. The lowest BCUT2D eigenvalue weighted by Gasteiger charge is -2.52. The molecule has 4 bridgehead atoms. The van der Waals surface area contributed by atoms with Gasteiger partial charge in [0.25, 0.3) is 0 Å². The fourth-order valence-electron chi connectivity index (χ4n) is 14.2. The third-order valence-corrected chi connectivity index (χ3v) is 19.8. The molecule has 0 atom stereocenters. The van der Waals surface area contributed by atoms with Gasteiger partial charge in [-0.15, -0.1) is 0 Å². The van der Waals surface area contributed by atoms with Crippen LogP contribution in [0.3, 0.4) is 0 Å². The van der Waals surface area contributed by atoms with Crippen molar-refractivity contribution in [2.24, 2.45) is 39.2 Å². The fraction of sp³-hybridized carbons (Fsp3) is 0.652. The van der Waals surface area contributed by atoms with Gasteiger partial charge in [-0.3, -0.25) is 14.4 Å². The number of aldehydes is 1. The number of esters is 2. The number of hydrogen-bond donors (Lipinski definition) is 2. The maximum Gasteiger partial charge on any atom is 0.420 e. The Balaban J connectivity index is 0.000000179. The van der Waals surface area contributed by atoms with Crippen LogP contribution in [0.15, 0.2) is 60.7 Å². The van der Waals surface area contributed by atoms with E-state index in [1.165, 1.54) is 30.3 Å². The zero-order valence-electron chi connectivity index (χ0n) is 49.1. The molecule has 0 aliphatic heterocycles. The summed E-state index contributed by atoms with van der Waals surface area (Å²) >= 11 is 0. The van der Waals surface area contributed by atoms with E-state index in [0.29, 0.717) is 54.2 Å². The molecule has 81 heavy (non-hydrogen) atoms. The van der Waals surface area contributed by atoms with Crippen molar-refractivity contribution < 1.29 is 59.7 Å². The van der Waals surface area contributed by atoms with Crippen molar-refractivity contribution in [3.05, 3.63) is 82.9 Å². The Kier molecular flexibility index (Phi) is 18.7. The number of nitrogens with two attached hydrogens (primary N) is 1. The highest BCUT2D eigenvalue weighted by Gasteiger charge is 2.54. The molecule has 0 unspecified atom stereocenters. The summed E-state index contributed by atoms with van der Waals surface area (Å²) in [5, 5.41) is 4.92. The molecule has 8 aliphatic rings. The molecule has 12 rings (SSSR count). The predicted molar refractivity (Wildman–Crippen MR) is 305 cm³/mol. The third-order valence-electron chi connectivity index (χ3n) is 19.8. The zero-order valence-corrected chi connectivity index (χ0v) is 49.1. The first-order valence-corrected chi connectivity index (χ1v) is 30.0. The van der Waals surface area contributed by atoms with Crippen LogP contribution in [0.2, 0.25) is 0 Å². The van der Waals surface area contributed by atoms with Gasteiger partial charge in [-0.2, -0.15) is 26.3 Å². The van der Waals surface area contributed by atoms with Crippen LogP contribution in [-0.2, 0) is 38.0 Å². The third kappa shape index (κ3) is 14.4. The number of carbonyl (C=O) groups is 3. The summed E-state index contributed by atoms with van der Waals surface area (Å²) < 4.78 is 107. The largest absolute Gasteiger partial charge is 0.490 e. The molecule has 0 spiro atoms. The van der Waals surface area contributed by atoms with E-state index in [4.69, 9.17) is 24.7 Å². The predicted octanol–water partition coefficient (Wildman–Crippen LogP) is 16.8. The van der Waals surface area contributed by atoms with Crippen LogP contribution in [0.5, 0.6) is 11.5 Å². The highest BCUT2D eigenvalue weighted by molar-refractivity contribution is 5.93. The maximum atomic E-state index is 14.4. The summed E-state index contributed by atoms with van der Waals surface area (Å²) in [7, 11) is 0. The summed E-state index contributed by atoms with van der Waals surface area (Å²) in [6.07, 6.45) is 9.18. The van der Waals surface area contributed by atoms with E-state index in [0.717, 1.165) is 134 Å². The van der Waals surface area contributed by atoms with Crippen LogP contribution in [-0.4, -0.2) is 54.7 Å². The zero-order chi connectivity index (χ0) is 58.8. The maximum absolute atomic E-state index is 14.4. The highest BCUT2D eigenvalue weighted by atomic mass is 19.4. The molecular weight excluding hydrogens is 1050 g/mol. The molecule has 4 aromatic rings. The van der Waals surface area contributed by atoms with Gasteiger partial charge in [-0.05, 0) is 216 Å². The Bertz CT molecular complexity index is 2800. The number of alkyl halides is 6. The molecule has 8 fully saturated rings. The molecular formula is C66H88F6N2O7. The molecule has 0 saturated heterocycles. The number of halogens is 6. The minimum Gasteiger partial charge on any atom is -0.490 e. The Morgan fingerprint density at radius 3 is 1.33 bits per heavy atom. The van der Waals surface area contributed by atoms with Crippen LogP contribution in [0.1, 0.15) is 211 Å². The number of rotatable bonds is 12. The van der Waals surface area contributed by atoms with Crippen LogP contribution in [0.4, 0.5) is 26.3 Å². The molecule has 4 aromatic carbocycles. The standard InChI is InChI=1S/C33H44F3NO3.C22H25F3O2.C11H19NO2/c1-5-39-29(38)31-14-17-32(18-15-31,19-16-31)37-21-22-6-12-26-23(20-22)7-13-27(28(26)33(34,35)36)40-25-10-8-24(9-11-25)30(2,3)4;1-21(2,3)16-6-8-17(9-7-16)27-19-11-5-15-12-14(13-26)4-10-18(15)20(19)22(23,24)25;1-2-14-9(13)10-3-6-11(12,7-4-10)8-5-10/h6-7,12-13,20,24-25,37H,5,8-11,14-19,21H2,1-4H3;4-5,10-13,16-17H,6-9H2,1-3H3;2-8,12H2,1H3. The first kappa shape index (κ1) is 62.2. The molecule has 15 heteroatoms. The summed E-state index contributed by atoms with van der Waals surface area (Å²) in [5.74, 6) is 0.922. The fourth-order valence-corrected chi connectivity index (χ4v) is 14.2. The molecule has 0 amide bonds. The van der Waals surface area contributed by atoms with Crippen molar-refractivity contribution in [1.82, 2.24) is 5.32 Å². The highest BCUT2D eigenvalue weighted by Crippen LogP contribution is 2.54. The Labute approximate surface area is 475 Å². The van der Waals surface area contributed by atoms with E-state index in [-0.39, 0.29) is 79.2 Å². The lowest BCUT2D eigenvalue weighted by Crippen LogP contribution is -2.56. The van der Waals surface area contributed by atoms with Crippen molar-refractivity contribution in [2.75, 3.05) is 13.2 Å². The number of ether oxygens (including phenoxy) is 4. The summed E-state index contributed by atoms with van der Waals surface area (Å²) in [5.41, 5.74) is 5.99. The Morgan fingerprint density at radius 1 is 0.556 bits per heavy atom. The normalized spacial score (nSPS) is 28.5. The molecule has 0 heterocycles. The second kappa shape index (κ2) is 24.4. The molecule has 0 radical (unpaired) electrons. The summed E-state index contributed by atoms with van der Waals surface area (Å²) in [6, 6.07) is 15.7. The summed E-state index contributed by atoms with van der Waals surface area (Å²) in [6.45, 7) is 18.5. The minimum atomic E-state index is -4.53. The second-order valence-electron chi connectivity index (χ2n) is 26.9. The van der Waals surface area contributed by atoms with Gasteiger partial charge in [0.15, 0.2) is 0 Å². The molecule has 9 nitrogen and oxygen atoms in total. The van der Waals surface area contributed by atoms with Gasteiger partial charge in [-0.1, -0.05) is 77.9 Å². The second-order valence-corrected chi connectivity index (χ2v) is 26.9. The van der Waals surface area contributed by atoms with Crippen molar-refractivity contribution in [2.45, 2.75) is 226 Å². The number of carbonyl (C=O) groups excluding carboxylic acids is 3. The first-order valence-electron chi connectivity index (χ1n) is 30.0. The van der Waals surface area contributed by atoms with E-state index in [1.54, 1.807) is 24.3 Å². The topological polar surface area (TPSA) is 126 Å². The smallest absolute Gasteiger partial charge is 0.420 e. The number of hydrogen-bond acceptors (Lipinski definition) is 9. The van der Waals surface area contributed by atoms with Gasteiger partial charge in [0.2, 0.25) is 0 Å². The molecule has 3 N–H and O–H groups in total. The molecule has 0 aromatic heterocycles. The van der Waals surface area contributed by atoms with Gasteiger partial charge in [-0.25, -0.2) is 0 Å². The van der Waals surface area contributed by atoms with E-state index >= 15 is 0 Å². The van der Waals surface area contributed by atoms with Crippen LogP contribution < -0.4 is 20.5 Å². The molecule has 446 valence electrons. The van der Waals surface area contributed by atoms with Crippen LogP contribution >= 0.6 is 0 Å². The van der Waals surface area contributed by atoms with Crippen molar-refractivity contribution in [3.8, 4) is 11.5 Å². The van der Waals surface area contributed by atoms with Gasteiger partial charge in [0.1, 0.15) is 28.9 Å². The molecule has 8 aliphatic carbocycles. The number of benzene rings is 4. The summed E-state index contributed by atoms with van der Waals surface area (Å²) in [4.78, 5) is 35.3. The van der Waals surface area contributed by atoms with Crippen molar-refractivity contribution >= 4 is 39.8 Å². The monoisotopic (exact) mass is 1130 g/mol. The first-order chi connectivity index (χ1) is 38.0. The van der Waals surface area contributed by atoms with E-state index in [1.807, 2.05) is 19.9 Å². The van der Waals surface area contributed by atoms with E-state index in [2.05, 4.69) is 46.9 Å². The van der Waals surface area contributed by atoms with Crippen LogP contribution in [0, 0.1) is 33.5 Å². The number of fused-ring (bicyclic) bond motifs is 8. The van der Waals surface area contributed by atoms with E-state index < -0.39 is 23.5 Å². The Morgan fingerprint density at radius 2 is 0.951 bits per heavy atom. The quantitative estimate of drug-likeness (QED) is 0.0810. The van der Waals surface area contributed by atoms with Crippen LogP contribution in [0.25, 0.3) is 21.5 Å². The van der Waals surface area contributed by atoms with Gasteiger partial charge in [0, 0.05) is 23.2 Å². The van der Waals surface area contributed by atoms with Gasteiger partial charge < -0.3 is 30.0 Å². The SMILES string of the molecule is CC(C)(C)C1CCC(Oc2ccc3cc(C=O)ccc3c2C(F)(F)F)CC1.CCOC(=O)C12CCC(N)(CC1)CC2.CCOC(=O)C12CCC(NCc3ccc4c(C(F)(F)F)c(OC5CCC(C(C)(C)C)CC5)ccc4c3)(CC1)CC2. The number of nitrogens with one attached hydrogen (secondary N) is 1. The van der Waals surface area contributed by atoms with Crippen molar-refractivity contribution in [3.63, 3.8) is 0 Å². The van der Waals surface area contributed by atoms with Gasteiger partial charge >= 0.3 is 24.3 Å². The lowest BCUT2D eigenvalue weighted by atomic mass is 9.57. The van der Waals surface area contributed by atoms with Gasteiger partial charge in [0.05, 0.1) is 36.3 Å². The molecule has 8 saturated carbocycles. The Hall–Kier alpha value is -4.89. The van der Waals surface area contributed by atoms with E-state index in [9.17, 15) is 40.7 Å². The lowest BCUT2D eigenvalue weighted by molar-refractivity contribution is -0.163. The average molecular weight is 1140 g/mol. The van der Waals surface area contributed by atoms with Crippen molar-refractivity contribution in [1.29, 1.82) is 0 Å².